The third kappa shape index (κ3) is 2.10. The van der Waals surface area contributed by atoms with Crippen molar-refractivity contribution in [2.75, 3.05) is 0 Å². The Balaban J connectivity index is 3.00. The van der Waals surface area contributed by atoms with Crippen LogP contribution in [0.2, 0.25) is 0 Å². The van der Waals surface area contributed by atoms with Crippen molar-refractivity contribution in [1.29, 1.82) is 0 Å². The zero-order chi connectivity index (χ0) is 11.9. The maximum absolute atomic E-state index is 2.44. The van der Waals surface area contributed by atoms with Crippen molar-refractivity contribution in [2.45, 2.75) is 74.1 Å². The molecule has 1 atom stereocenters. The first-order valence-electron chi connectivity index (χ1n) is 6.65. The summed E-state index contributed by atoms with van der Waals surface area (Å²) >= 11 is 0. The molecule has 90 valence electrons. The first-order valence-corrected chi connectivity index (χ1v) is 6.65. The van der Waals surface area contributed by atoms with Gasteiger partial charge >= 0.3 is 0 Å². The molecule has 0 aliphatic heterocycles. The lowest BCUT2D eigenvalue weighted by Crippen LogP contribution is -2.51. The van der Waals surface area contributed by atoms with Crippen LogP contribution in [-0.4, -0.2) is 0 Å². The van der Waals surface area contributed by atoms with Gasteiger partial charge < -0.3 is 0 Å². The van der Waals surface area contributed by atoms with Crippen molar-refractivity contribution >= 4 is 0 Å². The zero-order valence-electron chi connectivity index (χ0n) is 11.9. The maximum atomic E-state index is 2.44. The Hall–Kier alpha value is 0. The van der Waals surface area contributed by atoms with Crippen LogP contribution in [0.1, 0.15) is 74.1 Å². The second-order valence-corrected chi connectivity index (χ2v) is 7.59. The van der Waals surface area contributed by atoms with Crippen molar-refractivity contribution < 1.29 is 0 Å². The van der Waals surface area contributed by atoms with Crippen LogP contribution in [0, 0.1) is 22.2 Å². The van der Waals surface area contributed by atoms with Crippen LogP contribution in [0.4, 0.5) is 0 Å². The normalized spacial score (nSPS) is 23.4. The van der Waals surface area contributed by atoms with Gasteiger partial charge in [0.05, 0.1) is 0 Å². The molecule has 1 aliphatic rings. The molecule has 1 rings (SSSR count). The standard InChI is InChI=1S/C15H30/c1-8-12(13(2,3)4)15(10-9-11-15)14(5,6)7/h12H,8-11H2,1-7H3. The van der Waals surface area contributed by atoms with Crippen LogP contribution < -0.4 is 0 Å². The molecule has 15 heavy (non-hydrogen) atoms. The molecule has 1 saturated carbocycles. The third-order valence-electron chi connectivity index (χ3n) is 4.86. The summed E-state index contributed by atoms with van der Waals surface area (Å²) in [6.07, 6.45) is 5.68. The molecular formula is C15H30. The molecule has 1 fully saturated rings. The van der Waals surface area contributed by atoms with Crippen molar-refractivity contribution in [1.82, 2.24) is 0 Å². The SMILES string of the molecule is CCC(C(C)(C)C)C1(C(C)(C)C)CCC1. The van der Waals surface area contributed by atoms with Gasteiger partial charge in [0.2, 0.25) is 0 Å². The average Bonchev–Trinajstić information content (AvgIpc) is 1.90. The highest BCUT2D eigenvalue weighted by Crippen LogP contribution is 2.63. The van der Waals surface area contributed by atoms with Crippen LogP contribution >= 0.6 is 0 Å². The Kier molecular flexibility index (Phi) is 3.30. The molecular weight excluding hydrogens is 180 g/mol. The molecule has 0 N–H and O–H groups in total. The summed E-state index contributed by atoms with van der Waals surface area (Å²) in [5.74, 6) is 0.874. The van der Waals surface area contributed by atoms with Crippen LogP contribution in [0.15, 0.2) is 0 Å². The predicted octanol–water partition coefficient (Wildman–Crippen LogP) is 5.28. The highest BCUT2D eigenvalue weighted by Gasteiger charge is 2.53. The fourth-order valence-corrected chi connectivity index (χ4v) is 4.01. The van der Waals surface area contributed by atoms with E-state index in [0.29, 0.717) is 16.2 Å². The molecule has 0 aromatic rings. The molecule has 0 heteroatoms. The average molecular weight is 210 g/mol. The summed E-state index contributed by atoms with van der Waals surface area (Å²) in [6, 6.07) is 0. The van der Waals surface area contributed by atoms with E-state index in [4.69, 9.17) is 0 Å². The first kappa shape index (κ1) is 13.1. The Morgan fingerprint density at radius 2 is 1.47 bits per heavy atom. The Bertz CT molecular complexity index is 207. The first-order chi connectivity index (χ1) is 6.65. The zero-order valence-corrected chi connectivity index (χ0v) is 11.9. The monoisotopic (exact) mass is 210 g/mol. The number of hydrogen-bond acceptors (Lipinski definition) is 0. The molecule has 0 spiro atoms. The van der Waals surface area contributed by atoms with Gasteiger partial charge in [-0.1, -0.05) is 61.3 Å². The van der Waals surface area contributed by atoms with Gasteiger partial charge in [-0.2, -0.15) is 0 Å². The van der Waals surface area contributed by atoms with Gasteiger partial charge in [0.15, 0.2) is 0 Å². The van der Waals surface area contributed by atoms with Crippen molar-refractivity contribution in [3.05, 3.63) is 0 Å². The van der Waals surface area contributed by atoms with Crippen molar-refractivity contribution in [3.63, 3.8) is 0 Å². The molecule has 0 nitrogen and oxygen atoms in total. The smallest absolute Gasteiger partial charge is 0.0216 e. The fraction of sp³-hybridized carbons (Fsp3) is 1.00. The molecule has 0 bridgehead atoms. The van der Waals surface area contributed by atoms with Crippen LogP contribution in [0.3, 0.4) is 0 Å². The van der Waals surface area contributed by atoms with Gasteiger partial charge in [-0.15, -0.1) is 0 Å². The lowest BCUT2D eigenvalue weighted by Gasteiger charge is -2.60. The predicted molar refractivity (Wildman–Crippen MR) is 69.0 cm³/mol. The van der Waals surface area contributed by atoms with E-state index in [0.717, 1.165) is 5.92 Å². The fourth-order valence-electron chi connectivity index (χ4n) is 4.01. The van der Waals surface area contributed by atoms with Gasteiger partial charge in [0, 0.05) is 0 Å². The van der Waals surface area contributed by atoms with E-state index >= 15 is 0 Å². The summed E-state index contributed by atoms with van der Waals surface area (Å²) in [6.45, 7) is 17.0. The van der Waals surface area contributed by atoms with Crippen molar-refractivity contribution in [3.8, 4) is 0 Å². The maximum Gasteiger partial charge on any atom is -0.0216 e. The van der Waals surface area contributed by atoms with E-state index in [1.807, 2.05) is 0 Å². The lowest BCUT2D eigenvalue weighted by atomic mass is 9.45. The molecule has 0 aromatic carbocycles. The minimum atomic E-state index is 0.461. The third-order valence-corrected chi connectivity index (χ3v) is 4.86. The molecule has 1 aliphatic carbocycles. The highest BCUT2D eigenvalue weighted by molar-refractivity contribution is 5.03. The molecule has 1 unspecified atom stereocenters. The summed E-state index contributed by atoms with van der Waals surface area (Å²) in [4.78, 5) is 0. The van der Waals surface area contributed by atoms with Gasteiger partial charge in [-0.3, -0.25) is 0 Å². The second-order valence-electron chi connectivity index (χ2n) is 7.59. The highest BCUT2D eigenvalue weighted by atomic mass is 14.6. The molecule has 0 aromatic heterocycles. The summed E-state index contributed by atoms with van der Waals surface area (Å²) in [7, 11) is 0. The Labute approximate surface area is 96.8 Å². The van der Waals surface area contributed by atoms with Crippen LogP contribution in [-0.2, 0) is 0 Å². The summed E-state index contributed by atoms with van der Waals surface area (Å²) in [5, 5.41) is 0. The van der Waals surface area contributed by atoms with Crippen molar-refractivity contribution in [2.24, 2.45) is 22.2 Å². The lowest BCUT2D eigenvalue weighted by molar-refractivity contribution is -0.103. The molecule has 0 amide bonds. The molecule has 0 saturated heterocycles. The Morgan fingerprint density at radius 3 is 1.53 bits per heavy atom. The van der Waals surface area contributed by atoms with E-state index in [-0.39, 0.29) is 0 Å². The van der Waals surface area contributed by atoms with Crippen LogP contribution in [0.25, 0.3) is 0 Å². The molecule has 0 radical (unpaired) electrons. The van der Waals surface area contributed by atoms with Gasteiger partial charge in [-0.25, -0.2) is 0 Å². The quantitative estimate of drug-likeness (QED) is 0.582. The largest absolute Gasteiger partial charge is 0.0651 e. The van der Waals surface area contributed by atoms with Gasteiger partial charge in [-0.05, 0) is 35.0 Å². The van der Waals surface area contributed by atoms with Crippen LogP contribution in [0.5, 0.6) is 0 Å². The van der Waals surface area contributed by atoms with E-state index in [9.17, 15) is 0 Å². The second kappa shape index (κ2) is 3.79. The topological polar surface area (TPSA) is 0 Å². The van der Waals surface area contributed by atoms with E-state index in [2.05, 4.69) is 48.5 Å². The molecule has 0 heterocycles. The summed E-state index contributed by atoms with van der Waals surface area (Å²) in [5.41, 5.74) is 1.54. The minimum Gasteiger partial charge on any atom is -0.0651 e. The number of hydrogen-bond donors (Lipinski definition) is 0. The van der Waals surface area contributed by atoms with Gasteiger partial charge in [0.25, 0.3) is 0 Å². The van der Waals surface area contributed by atoms with E-state index in [1.165, 1.54) is 25.7 Å². The Morgan fingerprint density at radius 1 is 1.00 bits per heavy atom. The van der Waals surface area contributed by atoms with E-state index in [1.54, 1.807) is 0 Å². The number of rotatable bonds is 2. The van der Waals surface area contributed by atoms with Gasteiger partial charge in [0.1, 0.15) is 0 Å². The summed E-state index contributed by atoms with van der Waals surface area (Å²) < 4.78 is 0. The van der Waals surface area contributed by atoms with E-state index < -0.39 is 0 Å². The minimum absolute atomic E-state index is 0.461.